The van der Waals surface area contributed by atoms with Crippen molar-refractivity contribution in [1.82, 2.24) is 20.6 Å². The van der Waals surface area contributed by atoms with E-state index in [4.69, 9.17) is 4.74 Å². The lowest BCUT2D eigenvalue weighted by molar-refractivity contribution is -0.141. The van der Waals surface area contributed by atoms with Gasteiger partial charge in [0, 0.05) is 38.4 Å². The van der Waals surface area contributed by atoms with Gasteiger partial charge < -0.3 is 20.7 Å². The number of rotatable bonds is 9. The molecule has 0 amide bonds. The largest absolute Gasteiger partial charge is 0.489 e. The molecule has 1 aromatic heterocycles. The molecular weight excluding hydrogens is 512 g/mol. The Morgan fingerprint density at radius 2 is 1.97 bits per heavy atom. The molecule has 0 atom stereocenters. The quantitative estimate of drug-likeness (QED) is 0.150. The normalized spacial score (nSPS) is 11.3. The van der Waals surface area contributed by atoms with E-state index in [1.54, 1.807) is 13.1 Å². The Morgan fingerprint density at radius 3 is 2.67 bits per heavy atom. The van der Waals surface area contributed by atoms with E-state index >= 15 is 0 Å². The Bertz CT molecular complexity index is 832. The predicted molar refractivity (Wildman–Crippen MR) is 121 cm³/mol. The Labute approximate surface area is 190 Å². The zero-order valence-electron chi connectivity index (χ0n) is 16.4. The Kier molecular flexibility index (Phi) is 10.9. The maximum Gasteiger partial charge on any atom is 0.433 e. The molecule has 30 heavy (non-hydrogen) atoms. The van der Waals surface area contributed by atoms with Crippen molar-refractivity contribution in [3.05, 3.63) is 60.4 Å². The minimum absolute atomic E-state index is 0. The van der Waals surface area contributed by atoms with Gasteiger partial charge in [0.25, 0.3) is 0 Å². The summed E-state index contributed by atoms with van der Waals surface area (Å²) in [6.45, 7) is 5.23. The lowest BCUT2D eigenvalue weighted by Gasteiger charge is -2.14. The van der Waals surface area contributed by atoms with Gasteiger partial charge in [-0.1, -0.05) is 30.9 Å². The summed E-state index contributed by atoms with van der Waals surface area (Å²) in [5.74, 6) is 1.20. The van der Waals surface area contributed by atoms with E-state index in [0.29, 0.717) is 32.2 Å². The molecule has 0 aliphatic carbocycles. The molecule has 2 aromatic rings. The molecule has 2 rings (SSSR count). The van der Waals surface area contributed by atoms with E-state index in [1.807, 2.05) is 24.3 Å². The highest BCUT2D eigenvalue weighted by Crippen LogP contribution is 2.27. The van der Waals surface area contributed by atoms with Gasteiger partial charge in [0.05, 0.1) is 0 Å². The van der Waals surface area contributed by atoms with Gasteiger partial charge in [-0.05, 0) is 12.1 Å². The minimum Gasteiger partial charge on any atom is -0.489 e. The molecule has 3 N–H and O–H groups in total. The summed E-state index contributed by atoms with van der Waals surface area (Å²) >= 11 is 0. The van der Waals surface area contributed by atoms with Crippen molar-refractivity contribution >= 4 is 35.9 Å². The van der Waals surface area contributed by atoms with Gasteiger partial charge in [-0.3, -0.25) is 4.99 Å². The lowest BCUT2D eigenvalue weighted by atomic mass is 10.2. The number of aliphatic imine (C=N–C) groups is 1. The number of para-hydroxylation sites is 1. The molecule has 0 unspecified atom stereocenters. The fraction of sp³-hybridized carbons (Fsp3) is 0.316. The number of alkyl halides is 3. The fourth-order valence-corrected chi connectivity index (χ4v) is 2.30. The first-order valence-corrected chi connectivity index (χ1v) is 8.84. The summed E-state index contributed by atoms with van der Waals surface area (Å²) in [5.41, 5.74) is -0.0365. The van der Waals surface area contributed by atoms with Crippen molar-refractivity contribution in [2.75, 3.05) is 32.1 Å². The standard InChI is InChI=1S/C19H23F3N6O.HI/c1-3-12-29-15-7-5-4-6-14(15)13-27-17(23-2)25-10-11-26-18-24-9-8-16(28-18)19(20,21)22;/h3-9H,1,10-13H2,2H3,(H2,23,25,27)(H,24,26,28);1H. The third-order valence-corrected chi connectivity index (χ3v) is 3.65. The summed E-state index contributed by atoms with van der Waals surface area (Å²) in [5, 5.41) is 8.96. The van der Waals surface area contributed by atoms with Crippen molar-refractivity contribution in [3.8, 4) is 5.75 Å². The van der Waals surface area contributed by atoms with Gasteiger partial charge >= 0.3 is 6.18 Å². The third kappa shape index (κ3) is 8.43. The number of anilines is 1. The number of ether oxygens (including phenoxy) is 1. The van der Waals surface area contributed by atoms with Crippen LogP contribution in [0, 0.1) is 0 Å². The average molecular weight is 536 g/mol. The molecule has 0 aliphatic heterocycles. The summed E-state index contributed by atoms with van der Waals surface area (Å²) in [4.78, 5) is 11.3. The Morgan fingerprint density at radius 1 is 1.20 bits per heavy atom. The van der Waals surface area contributed by atoms with Crippen LogP contribution in [0.1, 0.15) is 11.3 Å². The monoisotopic (exact) mass is 536 g/mol. The second-order valence-corrected chi connectivity index (χ2v) is 5.75. The van der Waals surface area contributed by atoms with Gasteiger partial charge in [0.15, 0.2) is 5.96 Å². The summed E-state index contributed by atoms with van der Waals surface area (Å²) < 4.78 is 43.6. The van der Waals surface area contributed by atoms with E-state index < -0.39 is 11.9 Å². The van der Waals surface area contributed by atoms with E-state index in [1.165, 1.54) is 0 Å². The number of hydrogen-bond donors (Lipinski definition) is 3. The molecule has 0 saturated carbocycles. The maximum absolute atomic E-state index is 12.7. The zero-order valence-corrected chi connectivity index (χ0v) is 18.7. The van der Waals surface area contributed by atoms with Crippen molar-refractivity contribution in [1.29, 1.82) is 0 Å². The zero-order chi connectivity index (χ0) is 21.1. The van der Waals surface area contributed by atoms with E-state index in [-0.39, 0.29) is 29.9 Å². The number of guanidine groups is 1. The van der Waals surface area contributed by atoms with Gasteiger partial charge in [0.2, 0.25) is 5.95 Å². The molecule has 164 valence electrons. The smallest absolute Gasteiger partial charge is 0.433 e. The summed E-state index contributed by atoms with van der Waals surface area (Å²) in [6, 6.07) is 8.43. The van der Waals surface area contributed by atoms with Crippen LogP contribution in [0.3, 0.4) is 0 Å². The van der Waals surface area contributed by atoms with Crippen molar-refractivity contribution in [3.63, 3.8) is 0 Å². The molecule has 0 radical (unpaired) electrons. The molecule has 0 bridgehead atoms. The summed E-state index contributed by atoms with van der Waals surface area (Å²) in [7, 11) is 1.62. The van der Waals surface area contributed by atoms with Gasteiger partial charge in [-0.25, -0.2) is 9.97 Å². The molecule has 11 heteroatoms. The highest BCUT2D eigenvalue weighted by Gasteiger charge is 2.32. The van der Waals surface area contributed by atoms with E-state index in [0.717, 1.165) is 23.6 Å². The van der Waals surface area contributed by atoms with Gasteiger partial charge in [-0.2, -0.15) is 13.2 Å². The molecule has 0 spiro atoms. The van der Waals surface area contributed by atoms with Crippen LogP contribution in [0.15, 0.2) is 54.2 Å². The number of hydrogen-bond acceptors (Lipinski definition) is 5. The van der Waals surface area contributed by atoms with Crippen molar-refractivity contribution < 1.29 is 17.9 Å². The first-order chi connectivity index (χ1) is 13.9. The third-order valence-electron chi connectivity index (χ3n) is 3.65. The molecule has 7 nitrogen and oxygen atoms in total. The summed E-state index contributed by atoms with van der Waals surface area (Å²) in [6.07, 6.45) is -1.76. The molecule has 0 saturated heterocycles. The van der Waals surface area contributed by atoms with Gasteiger partial charge in [-0.15, -0.1) is 24.0 Å². The van der Waals surface area contributed by atoms with Crippen molar-refractivity contribution in [2.24, 2.45) is 4.99 Å². The van der Waals surface area contributed by atoms with Crippen LogP contribution in [-0.2, 0) is 12.7 Å². The Hall–Kier alpha value is -2.57. The number of halogens is 4. The van der Waals surface area contributed by atoms with Crippen LogP contribution in [0.5, 0.6) is 5.75 Å². The van der Waals surface area contributed by atoms with Gasteiger partial charge in [0.1, 0.15) is 18.1 Å². The van der Waals surface area contributed by atoms with E-state index in [9.17, 15) is 13.2 Å². The Balaban J connectivity index is 0.00000450. The molecule has 1 aromatic carbocycles. The predicted octanol–water partition coefficient (Wildman–Crippen LogP) is 3.46. The van der Waals surface area contributed by atoms with Crippen molar-refractivity contribution in [2.45, 2.75) is 12.7 Å². The van der Waals surface area contributed by atoms with Crippen LogP contribution in [0.2, 0.25) is 0 Å². The second-order valence-electron chi connectivity index (χ2n) is 5.75. The molecule has 0 fully saturated rings. The molecular formula is C19H24F3IN6O. The SMILES string of the molecule is C=CCOc1ccccc1CNC(=NC)NCCNc1nccc(C(F)(F)F)n1.I. The average Bonchev–Trinajstić information content (AvgIpc) is 2.72. The molecule has 0 aliphatic rings. The first-order valence-electron chi connectivity index (χ1n) is 8.84. The number of nitrogens with one attached hydrogen (secondary N) is 3. The van der Waals surface area contributed by atoms with E-state index in [2.05, 4.69) is 37.5 Å². The van der Waals surface area contributed by atoms with Crippen LogP contribution < -0.4 is 20.7 Å². The van der Waals surface area contributed by atoms with Crippen LogP contribution in [0.25, 0.3) is 0 Å². The fourth-order valence-electron chi connectivity index (χ4n) is 2.30. The first kappa shape index (κ1) is 25.5. The number of aromatic nitrogens is 2. The van der Waals surface area contributed by atoms with Crippen LogP contribution in [0.4, 0.5) is 19.1 Å². The molecule has 1 heterocycles. The van der Waals surface area contributed by atoms with Crippen LogP contribution in [-0.4, -0.2) is 42.7 Å². The minimum atomic E-state index is -4.50. The number of benzene rings is 1. The van der Waals surface area contributed by atoms with Crippen LogP contribution >= 0.6 is 24.0 Å². The maximum atomic E-state index is 12.7. The number of nitrogens with zero attached hydrogens (tertiary/aromatic N) is 3. The highest BCUT2D eigenvalue weighted by molar-refractivity contribution is 14.0. The lowest BCUT2D eigenvalue weighted by Crippen LogP contribution is -2.39. The topological polar surface area (TPSA) is 83.5 Å². The highest BCUT2D eigenvalue weighted by atomic mass is 127. The second kappa shape index (κ2) is 12.9.